The molecule has 164 valence electrons. The van der Waals surface area contributed by atoms with Gasteiger partial charge in [0.2, 0.25) is 17.7 Å². The Morgan fingerprint density at radius 1 is 1.17 bits per heavy atom. The summed E-state index contributed by atoms with van der Waals surface area (Å²) in [5, 5.41) is 22.8. The maximum atomic E-state index is 12.7. The Morgan fingerprint density at radius 3 is 2.28 bits per heavy atom. The number of hydrogen-bond acceptors (Lipinski definition) is 7. The van der Waals surface area contributed by atoms with Crippen molar-refractivity contribution in [3.8, 4) is 0 Å². The third-order valence-corrected chi connectivity index (χ3v) is 4.96. The van der Waals surface area contributed by atoms with E-state index >= 15 is 0 Å². The molecule has 0 bridgehead atoms. The molecule has 12 heteroatoms. The van der Waals surface area contributed by atoms with Crippen LogP contribution in [0.1, 0.15) is 33.1 Å². The number of thiol groups is 1. The number of carbonyl (C=O) groups is 5. The van der Waals surface area contributed by atoms with Crippen LogP contribution in [0.15, 0.2) is 0 Å². The van der Waals surface area contributed by atoms with Gasteiger partial charge in [-0.2, -0.15) is 12.6 Å². The average Bonchev–Trinajstić information content (AvgIpc) is 3.11. The van der Waals surface area contributed by atoms with Crippen molar-refractivity contribution in [2.75, 3.05) is 12.3 Å². The average molecular weight is 432 g/mol. The van der Waals surface area contributed by atoms with Crippen LogP contribution in [0.4, 0.5) is 0 Å². The van der Waals surface area contributed by atoms with Crippen molar-refractivity contribution in [2.24, 2.45) is 11.7 Å². The Morgan fingerprint density at radius 2 is 1.79 bits per heavy atom. The van der Waals surface area contributed by atoms with E-state index in [9.17, 15) is 24.0 Å². The van der Waals surface area contributed by atoms with Gasteiger partial charge in [-0.3, -0.25) is 19.2 Å². The van der Waals surface area contributed by atoms with Crippen LogP contribution in [0.3, 0.4) is 0 Å². The molecule has 6 N–H and O–H groups in total. The van der Waals surface area contributed by atoms with Gasteiger partial charge in [-0.25, -0.2) is 4.79 Å². The van der Waals surface area contributed by atoms with Crippen LogP contribution in [-0.4, -0.2) is 81.2 Å². The molecule has 29 heavy (non-hydrogen) atoms. The minimum Gasteiger partial charge on any atom is -0.481 e. The fraction of sp³-hybridized carbons (Fsp3) is 0.706. The Kier molecular flexibility index (Phi) is 9.37. The van der Waals surface area contributed by atoms with Crippen molar-refractivity contribution in [1.82, 2.24) is 15.5 Å². The van der Waals surface area contributed by atoms with Gasteiger partial charge in [-0.05, 0) is 18.8 Å². The molecule has 0 saturated carbocycles. The van der Waals surface area contributed by atoms with E-state index in [-0.39, 0.29) is 18.2 Å². The number of amides is 3. The van der Waals surface area contributed by atoms with Crippen LogP contribution < -0.4 is 16.4 Å². The zero-order chi connectivity index (χ0) is 22.3. The van der Waals surface area contributed by atoms with Crippen molar-refractivity contribution in [3.05, 3.63) is 0 Å². The second-order valence-corrected chi connectivity index (χ2v) is 7.57. The highest BCUT2D eigenvalue weighted by atomic mass is 32.1. The lowest BCUT2D eigenvalue weighted by Gasteiger charge is -2.29. The maximum Gasteiger partial charge on any atom is 0.327 e. The Bertz CT molecular complexity index is 658. The molecule has 3 amide bonds. The van der Waals surface area contributed by atoms with Crippen LogP contribution >= 0.6 is 12.6 Å². The third-order valence-electron chi connectivity index (χ3n) is 4.59. The van der Waals surface area contributed by atoms with E-state index in [1.807, 2.05) is 0 Å². The number of nitrogens with one attached hydrogen (secondary N) is 2. The number of nitrogens with two attached hydrogens (primary N) is 1. The van der Waals surface area contributed by atoms with Crippen LogP contribution in [0.25, 0.3) is 0 Å². The lowest BCUT2D eigenvalue weighted by Crippen LogP contribution is -2.58. The van der Waals surface area contributed by atoms with Gasteiger partial charge in [0.1, 0.15) is 18.1 Å². The SMILES string of the molecule is CC(C)C(NC(=O)C1CCCN1C(=O)C(N)CC(=O)O)C(=O)NC(CS)C(=O)O. The van der Waals surface area contributed by atoms with E-state index < -0.39 is 60.2 Å². The summed E-state index contributed by atoms with van der Waals surface area (Å²) >= 11 is 3.89. The van der Waals surface area contributed by atoms with E-state index in [1.54, 1.807) is 13.8 Å². The fourth-order valence-corrected chi connectivity index (χ4v) is 3.27. The summed E-state index contributed by atoms with van der Waals surface area (Å²) in [6.07, 6.45) is 0.322. The summed E-state index contributed by atoms with van der Waals surface area (Å²) < 4.78 is 0. The van der Waals surface area contributed by atoms with Gasteiger partial charge in [-0.1, -0.05) is 13.8 Å². The summed E-state index contributed by atoms with van der Waals surface area (Å²) in [5.41, 5.74) is 5.63. The van der Waals surface area contributed by atoms with Crippen LogP contribution in [0, 0.1) is 5.92 Å². The van der Waals surface area contributed by atoms with Crippen molar-refractivity contribution in [2.45, 2.75) is 57.3 Å². The maximum absolute atomic E-state index is 12.7. The van der Waals surface area contributed by atoms with Crippen molar-refractivity contribution < 1.29 is 34.2 Å². The highest BCUT2D eigenvalue weighted by Gasteiger charge is 2.38. The molecule has 1 saturated heterocycles. The summed E-state index contributed by atoms with van der Waals surface area (Å²) in [6.45, 7) is 3.62. The predicted octanol–water partition coefficient (Wildman–Crippen LogP) is -1.58. The molecular formula is C17H28N4O7S. The minimum absolute atomic E-state index is 0.119. The monoisotopic (exact) mass is 432 g/mol. The highest BCUT2D eigenvalue weighted by molar-refractivity contribution is 7.80. The first-order chi connectivity index (χ1) is 13.5. The van der Waals surface area contributed by atoms with E-state index in [1.165, 1.54) is 4.90 Å². The fourth-order valence-electron chi connectivity index (χ4n) is 3.02. The van der Waals surface area contributed by atoms with E-state index in [2.05, 4.69) is 23.3 Å². The summed E-state index contributed by atoms with van der Waals surface area (Å²) in [5.74, 6) is -4.84. The molecule has 0 aromatic rings. The number of rotatable bonds is 10. The largest absolute Gasteiger partial charge is 0.481 e. The molecular weight excluding hydrogens is 404 g/mol. The molecule has 1 rings (SSSR count). The lowest BCUT2D eigenvalue weighted by atomic mass is 10.0. The van der Waals surface area contributed by atoms with Gasteiger partial charge < -0.3 is 31.5 Å². The quantitative estimate of drug-likeness (QED) is 0.224. The molecule has 1 aliphatic rings. The van der Waals surface area contributed by atoms with E-state index in [0.717, 1.165) is 0 Å². The van der Waals surface area contributed by atoms with Crippen molar-refractivity contribution in [1.29, 1.82) is 0 Å². The minimum atomic E-state index is -1.27. The summed E-state index contributed by atoms with van der Waals surface area (Å²) in [4.78, 5) is 60.7. The Hall–Kier alpha value is -2.34. The Labute approximate surface area is 173 Å². The molecule has 4 unspecified atom stereocenters. The van der Waals surface area contributed by atoms with Gasteiger partial charge in [0.15, 0.2) is 0 Å². The van der Waals surface area contributed by atoms with Gasteiger partial charge in [-0.15, -0.1) is 0 Å². The van der Waals surface area contributed by atoms with E-state index in [0.29, 0.717) is 12.8 Å². The molecule has 4 atom stereocenters. The van der Waals surface area contributed by atoms with Crippen molar-refractivity contribution in [3.63, 3.8) is 0 Å². The first-order valence-electron chi connectivity index (χ1n) is 9.21. The van der Waals surface area contributed by atoms with Crippen LogP contribution in [0.5, 0.6) is 0 Å². The number of carboxylic acid groups (broad SMARTS) is 2. The number of nitrogens with zero attached hydrogens (tertiary/aromatic N) is 1. The van der Waals surface area contributed by atoms with Crippen LogP contribution in [-0.2, 0) is 24.0 Å². The summed E-state index contributed by atoms with van der Waals surface area (Å²) in [6, 6.07) is -4.37. The first kappa shape index (κ1) is 24.7. The lowest BCUT2D eigenvalue weighted by molar-refractivity contribution is -0.144. The standard InChI is InChI=1S/C17H28N4O7S/c1-8(2)13(15(25)19-10(7-29)17(27)28)20-14(24)11-4-3-5-21(11)16(26)9(18)6-12(22)23/h8-11,13,29H,3-7,18H2,1-2H3,(H,19,25)(H,20,24)(H,22,23)(H,27,28). The van der Waals surface area contributed by atoms with Crippen molar-refractivity contribution >= 4 is 42.3 Å². The zero-order valence-electron chi connectivity index (χ0n) is 16.3. The smallest absolute Gasteiger partial charge is 0.327 e. The normalized spacial score (nSPS) is 19.3. The van der Waals surface area contributed by atoms with Gasteiger partial charge in [0.25, 0.3) is 0 Å². The van der Waals surface area contributed by atoms with Gasteiger partial charge in [0, 0.05) is 12.3 Å². The number of likely N-dealkylation sites (tertiary alicyclic amines) is 1. The second-order valence-electron chi connectivity index (χ2n) is 7.21. The molecule has 11 nitrogen and oxygen atoms in total. The predicted molar refractivity (Wildman–Crippen MR) is 105 cm³/mol. The number of hydrogen-bond donors (Lipinski definition) is 6. The number of aliphatic carboxylic acids is 2. The topological polar surface area (TPSA) is 179 Å². The number of carbonyl (C=O) groups excluding carboxylic acids is 3. The molecule has 0 aliphatic carbocycles. The molecule has 1 heterocycles. The molecule has 0 aromatic carbocycles. The van der Waals surface area contributed by atoms with Gasteiger partial charge >= 0.3 is 11.9 Å². The molecule has 1 aliphatic heterocycles. The molecule has 0 spiro atoms. The van der Waals surface area contributed by atoms with E-state index in [4.69, 9.17) is 15.9 Å². The number of carboxylic acids is 2. The third kappa shape index (κ3) is 6.89. The van der Waals surface area contributed by atoms with Gasteiger partial charge in [0.05, 0.1) is 12.5 Å². The molecule has 0 aromatic heterocycles. The van der Waals surface area contributed by atoms with Crippen LogP contribution in [0.2, 0.25) is 0 Å². The zero-order valence-corrected chi connectivity index (χ0v) is 17.2. The highest BCUT2D eigenvalue weighted by Crippen LogP contribution is 2.19. The molecule has 1 fully saturated rings. The molecule has 0 radical (unpaired) electrons. The second kappa shape index (κ2) is 11.0. The first-order valence-corrected chi connectivity index (χ1v) is 9.85. The summed E-state index contributed by atoms with van der Waals surface area (Å²) in [7, 11) is 0. The Balaban J connectivity index is 2.86.